The van der Waals surface area contributed by atoms with Crippen molar-refractivity contribution >= 4 is 45.4 Å². The summed E-state index contributed by atoms with van der Waals surface area (Å²) in [6.45, 7) is 1.79. The number of allylic oxidation sites excluding steroid dienone is 1. The van der Waals surface area contributed by atoms with Crippen LogP contribution in [0.15, 0.2) is 34.2 Å². The van der Waals surface area contributed by atoms with Crippen molar-refractivity contribution in [3.05, 3.63) is 35.4 Å². The molecule has 2 aliphatic heterocycles. The van der Waals surface area contributed by atoms with E-state index in [2.05, 4.69) is 25.8 Å². The summed E-state index contributed by atoms with van der Waals surface area (Å²) in [5, 5.41) is 21.7. The minimum absolute atomic E-state index is 0.0193. The van der Waals surface area contributed by atoms with Crippen LogP contribution in [-0.4, -0.2) is 85.4 Å². The second-order valence-electron chi connectivity index (χ2n) is 13.4. The van der Waals surface area contributed by atoms with Crippen molar-refractivity contribution in [2.24, 2.45) is 5.92 Å². The Labute approximate surface area is 286 Å². The molecule has 5 heterocycles. The van der Waals surface area contributed by atoms with E-state index < -0.39 is 47.6 Å². The van der Waals surface area contributed by atoms with Crippen molar-refractivity contribution in [2.75, 3.05) is 6.54 Å². The number of thiophene rings is 1. The molecule has 0 radical (unpaired) electrons. The topological polar surface area (TPSA) is 186 Å². The van der Waals surface area contributed by atoms with Crippen molar-refractivity contribution in [3.63, 3.8) is 0 Å². The summed E-state index contributed by atoms with van der Waals surface area (Å²) >= 11 is 1.40. The molecule has 260 valence electrons. The summed E-state index contributed by atoms with van der Waals surface area (Å²) < 4.78 is 18.0. The average Bonchev–Trinajstić information content (AvgIpc) is 3.68. The number of hydrogen-bond donors (Lipinski definition) is 3. The van der Waals surface area contributed by atoms with E-state index in [-0.39, 0.29) is 37.3 Å². The Bertz CT molecular complexity index is 1770. The number of nitrogens with zero attached hydrogens (tertiary/aromatic N) is 4. The molecule has 2 saturated carbocycles. The first-order valence-electron chi connectivity index (χ1n) is 17.1. The van der Waals surface area contributed by atoms with Gasteiger partial charge >= 0.3 is 12.1 Å². The van der Waals surface area contributed by atoms with Gasteiger partial charge in [0.15, 0.2) is 11.5 Å². The van der Waals surface area contributed by atoms with Gasteiger partial charge in [0.2, 0.25) is 17.7 Å². The molecule has 0 spiro atoms. The molecule has 0 aromatic carbocycles. The number of aromatic nitrogens is 3. The molecule has 49 heavy (non-hydrogen) atoms. The highest BCUT2D eigenvalue weighted by Gasteiger charge is 2.61. The number of carbonyl (C=O) groups excluding carboxylic acids is 3. The molecule has 3 N–H and O–H groups in total. The number of rotatable bonds is 6. The van der Waals surface area contributed by atoms with Crippen LogP contribution in [-0.2, 0) is 19.1 Å². The first kappa shape index (κ1) is 33.0. The summed E-state index contributed by atoms with van der Waals surface area (Å²) in [4.78, 5) is 64.5. The number of aliphatic carboxylic acids is 1. The fourth-order valence-corrected chi connectivity index (χ4v) is 7.90. The number of carboxylic acid groups (broad SMARTS) is 1. The van der Waals surface area contributed by atoms with E-state index in [9.17, 15) is 24.3 Å². The third kappa shape index (κ3) is 6.98. The molecule has 3 aromatic heterocycles. The molecule has 0 unspecified atom stereocenters. The van der Waals surface area contributed by atoms with Gasteiger partial charge in [0, 0.05) is 18.4 Å². The van der Waals surface area contributed by atoms with Gasteiger partial charge in [-0.2, -0.15) is 4.98 Å². The Kier molecular flexibility index (Phi) is 9.27. The van der Waals surface area contributed by atoms with Crippen molar-refractivity contribution < 1.29 is 38.3 Å². The van der Waals surface area contributed by atoms with Crippen LogP contribution in [0.1, 0.15) is 76.4 Å². The fraction of sp³-hybridized carbons (Fsp3) is 0.559. The first-order chi connectivity index (χ1) is 23.7. The zero-order chi connectivity index (χ0) is 34.1. The molecular weight excluding hydrogens is 652 g/mol. The highest BCUT2D eigenvalue weighted by Crippen LogP contribution is 2.45. The zero-order valence-corrected chi connectivity index (χ0v) is 28.1. The molecule has 15 heteroatoms. The van der Waals surface area contributed by atoms with E-state index in [4.69, 9.17) is 14.0 Å². The smallest absolute Gasteiger partial charge is 0.408 e. The normalized spacial score (nSPS) is 27.9. The molecule has 4 aliphatic rings. The van der Waals surface area contributed by atoms with Gasteiger partial charge in [-0.05, 0) is 69.7 Å². The van der Waals surface area contributed by atoms with Gasteiger partial charge < -0.3 is 34.6 Å². The Morgan fingerprint density at radius 3 is 2.71 bits per heavy atom. The highest BCUT2D eigenvalue weighted by atomic mass is 32.1. The van der Waals surface area contributed by atoms with Gasteiger partial charge in [-0.1, -0.05) is 30.2 Å². The van der Waals surface area contributed by atoms with E-state index in [1.807, 2.05) is 23.6 Å². The quantitative estimate of drug-likeness (QED) is 0.309. The SMILES string of the molecule is Cc1cc(-c2nc(O[C@@H]3C[C@H]4C(=O)N[C@]5(C(=O)O)C[C@H]5C=CCCCCC[C@H](NC(=O)OC5CCCC5)C(=O)N4C3)c3sccc3n2)no1. The second kappa shape index (κ2) is 13.8. The molecule has 3 fully saturated rings. The van der Waals surface area contributed by atoms with E-state index in [1.54, 1.807) is 13.0 Å². The van der Waals surface area contributed by atoms with Crippen molar-refractivity contribution in [1.29, 1.82) is 0 Å². The summed E-state index contributed by atoms with van der Waals surface area (Å²) in [5.74, 6) is -1.30. The lowest BCUT2D eigenvalue weighted by atomic mass is 10.0. The Hall–Kier alpha value is -4.53. The van der Waals surface area contributed by atoms with Crippen LogP contribution in [0.3, 0.4) is 0 Å². The maximum Gasteiger partial charge on any atom is 0.408 e. The zero-order valence-electron chi connectivity index (χ0n) is 27.3. The number of nitrogens with one attached hydrogen (secondary N) is 2. The summed E-state index contributed by atoms with van der Waals surface area (Å²) in [6, 6.07) is 1.58. The first-order valence-corrected chi connectivity index (χ1v) is 17.9. The van der Waals surface area contributed by atoms with Crippen LogP contribution in [0.4, 0.5) is 4.79 Å². The number of ether oxygens (including phenoxy) is 2. The Morgan fingerprint density at radius 2 is 1.94 bits per heavy atom. The number of amides is 3. The van der Waals surface area contributed by atoms with Gasteiger partial charge in [-0.25, -0.2) is 14.6 Å². The van der Waals surface area contributed by atoms with Gasteiger partial charge in [-0.15, -0.1) is 11.3 Å². The van der Waals surface area contributed by atoms with Crippen LogP contribution >= 0.6 is 11.3 Å². The highest BCUT2D eigenvalue weighted by molar-refractivity contribution is 7.17. The van der Waals surface area contributed by atoms with Gasteiger partial charge in [0.25, 0.3) is 0 Å². The number of alkyl carbamates (subject to hydrolysis) is 1. The minimum Gasteiger partial charge on any atom is -0.479 e. The summed E-state index contributed by atoms with van der Waals surface area (Å²) in [6.07, 6.45) is 9.68. The van der Waals surface area contributed by atoms with E-state index in [1.165, 1.54) is 16.2 Å². The lowest BCUT2D eigenvalue weighted by molar-refractivity contribution is -0.145. The monoisotopic (exact) mass is 692 g/mol. The third-order valence-corrected chi connectivity index (χ3v) is 10.8. The van der Waals surface area contributed by atoms with Crippen molar-refractivity contribution in [1.82, 2.24) is 30.7 Å². The molecule has 3 aromatic rings. The fourth-order valence-electron chi connectivity index (χ4n) is 7.14. The lowest BCUT2D eigenvalue weighted by Crippen LogP contribution is -2.56. The standard InChI is InChI=1S/C34H40N6O8S/c1-19-15-25(39-48-19)28-35-23-13-14-49-27(23)30(37-28)46-22-16-26-29(41)38-34(32(43)44)17-20(34)9-5-3-2-4-6-12-24(31(42)40(26)18-22)36-33(45)47-21-10-7-8-11-21/h5,9,13-15,20-22,24,26H,2-4,6-8,10-12,16-18H2,1H3,(H,36,45)(H,38,41)(H,43,44)/t20-,22-,24+,26+,34-/m1/s1. The number of hydrogen-bond acceptors (Lipinski definition) is 11. The maximum atomic E-state index is 14.3. The number of carboxylic acids is 1. The van der Waals surface area contributed by atoms with Gasteiger partial charge in [0.05, 0.1) is 12.1 Å². The maximum absolute atomic E-state index is 14.3. The lowest BCUT2D eigenvalue weighted by Gasteiger charge is -2.29. The van der Waals surface area contributed by atoms with Crippen molar-refractivity contribution in [2.45, 2.75) is 107 Å². The predicted octanol–water partition coefficient (Wildman–Crippen LogP) is 4.52. The van der Waals surface area contributed by atoms with Crippen LogP contribution in [0, 0.1) is 12.8 Å². The number of fused-ring (bicyclic) bond motifs is 3. The molecule has 0 bridgehead atoms. The van der Waals surface area contributed by atoms with E-state index in [0.717, 1.165) is 44.9 Å². The van der Waals surface area contributed by atoms with E-state index in [0.29, 0.717) is 40.3 Å². The summed E-state index contributed by atoms with van der Waals surface area (Å²) in [5.41, 5.74) is -0.354. The van der Waals surface area contributed by atoms with Crippen LogP contribution < -0.4 is 15.4 Å². The number of aryl methyl sites for hydroxylation is 1. The van der Waals surface area contributed by atoms with Crippen LogP contribution in [0.5, 0.6) is 5.88 Å². The third-order valence-electron chi connectivity index (χ3n) is 9.90. The molecule has 7 rings (SSSR count). The van der Waals surface area contributed by atoms with Crippen LogP contribution in [0.25, 0.3) is 21.7 Å². The van der Waals surface area contributed by atoms with Gasteiger partial charge in [-0.3, -0.25) is 9.59 Å². The molecule has 5 atom stereocenters. The second-order valence-corrected chi connectivity index (χ2v) is 14.4. The molecule has 3 amide bonds. The minimum atomic E-state index is -1.44. The van der Waals surface area contributed by atoms with Crippen molar-refractivity contribution in [3.8, 4) is 17.4 Å². The largest absolute Gasteiger partial charge is 0.479 e. The Morgan fingerprint density at radius 1 is 1.12 bits per heavy atom. The summed E-state index contributed by atoms with van der Waals surface area (Å²) in [7, 11) is 0. The Balaban J connectivity index is 1.17. The molecule has 14 nitrogen and oxygen atoms in total. The van der Waals surface area contributed by atoms with Gasteiger partial charge in [0.1, 0.15) is 40.3 Å². The molecule has 1 saturated heterocycles. The predicted molar refractivity (Wildman–Crippen MR) is 177 cm³/mol. The van der Waals surface area contributed by atoms with E-state index >= 15 is 0 Å². The van der Waals surface area contributed by atoms with Crippen LogP contribution in [0.2, 0.25) is 0 Å². The molecule has 2 aliphatic carbocycles. The molecular formula is C34H40N6O8S. The number of carbonyl (C=O) groups is 4. The average molecular weight is 693 g/mol.